The van der Waals surface area contributed by atoms with Crippen LogP contribution in [0.15, 0.2) is 120 Å². The second kappa shape index (κ2) is 21.2. The SMILES string of the molecule is CN1CCN(S(N)(=O)=O)CC1.C[C@H](COC(c1ccccc1)(c1ccccc1)c1ccccc1)Oc1cc(NS(=O)(=O)N2CCN(C)CC2)nc(SCc2cccc(F)c2F)n1. The Morgan fingerprint density at radius 2 is 1.23 bits per heavy atom. The van der Waals surface area contributed by atoms with Crippen LogP contribution in [0.2, 0.25) is 0 Å². The van der Waals surface area contributed by atoms with Gasteiger partial charge >= 0.3 is 10.2 Å². The molecule has 0 bridgehead atoms. The molecule has 0 spiro atoms. The minimum absolute atomic E-state index is 0.00408. The Morgan fingerprint density at radius 3 is 1.73 bits per heavy atom. The van der Waals surface area contributed by atoms with Crippen LogP contribution in [0.25, 0.3) is 0 Å². The molecule has 2 fully saturated rings. The predicted octanol–water partition coefficient (Wildman–Crippen LogP) is 5.16. The van der Waals surface area contributed by atoms with Gasteiger partial charge in [-0.2, -0.15) is 30.4 Å². The molecular weight excluding hydrogens is 859 g/mol. The highest BCUT2D eigenvalue weighted by Gasteiger charge is 2.38. The van der Waals surface area contributed by atoms with Gasteiger partial charge in [0.15, 0.2) is 16.8 Å². The van der Waals surface area contributed by atoms with E-state index in [0.29, 0.717) is 39.3 Å². The van der Waals surface area contributed by atoms with Crippen LogP contribution in [0.1, 0.15) is 29.2 Å². The van der Waals surface area contributed by atoms with E-state index in [1.807, 2.05) is 112 Å². The van der Waals surface area contributed by atoms with Gasteiger partial charge in [-0.1, -0.05) is 115 Å². The number of thioether (sulfide) groups is 1. The zero-order chi connectivity index (χ0) is 44.3. The summed E-state index contributed by atoms with van der Waals surface area (Å²) >= 11 is 1.03. The molecule has 3 N–H and O–H groups in total. The van der Waals surface area contributed by atoms with Gasteiger partial charge < -0.3 is 19.3 Å². The number of likely N-dealkylation sites (N-methyl/N-ethyl adjacent to an activating group) is 2. The number of nitrogens with two attached hydrogens (primary N) is 1. The van der Waals surface area contributed by atoms with Crippen molar-refractivity contribution < 1.29 is 35.1 Å². The second-order valence-electron chi connectivity index (χ2n) is 15.0. The number of benzene rings is 4. The molecule has 5 aromatic rings. The lowest BCUT2D eigenvalue weighted by Crippen LogP contribution is -2.49. The van der Waals surface area contributed by atoms with Crippen LogP contribution in [0.4, 0.5) is 14.6 Å². The van der Waals surface area contributed by atoms with Crippen molar-refractivity contribution in [2.24, 2.45) is 5.14 Å². The number of halogens is 2. The maximum atomic E-state index is 14.5. The van der Waals surface area contributed by atoms with E-state index < -0.39 is 43.8 Å². The molecule has 2 aliphatic rings. The number of aromatic nitrogens is 2. The van der Waals surface area contributed by atoms with Gasteiger partial charge in [0.2, 0.25) is 5.88 Å². The van der Waals surface area contributed by atoms with E-state index in [2.05, 4.69) is 24.5 Å². The highest BCUT2D eigenvalue weighted by atomic mass is 32.2. The van der Waals surface area contributed by atoms with Crippen molar-refractivity contribution in [3.05, 3.63) is 149 Å². The number of hydrogen-bond acceptors (Lipinski definition) is 11. The Kier molecular flexibility index (Phi) is 16.0. The van der Waals surface area contributed by atoms with Crippen LogP contribution < -0.4 is 14.6 Å². The van der Waals surface area contributed by atoms with Crippen molar-refractivity contribution in [2.75, 3.05) is 77.8 Å². The summed E-state index contributed by atoms with van der Waals surface area (Å²) in [5, 5.41) is 5.05. The first kappa shape index (κ1) is 46.9. The average Bonchev–Trinajstić information content (AvgIpc) is 3.25. The number of nitrogens with one attached hydrogen (secondary N) is 1. The molecule has 0 saturated carbocycles. The van der Waals surface area contributed by atoms with Gasteiger partial charge in [0.1, 0.15) is 17.5 Å². The fraction of sp³-hybridized carbons (Fsp3) is 0.349. The first-order valence-electron chi connectivity index (χ1n) is 20.0. The lowest BCUT2D eigenvalue weighted by molar-refractivity contribution is -0.0267. The number of rotatable bonds is 15. The maximum Gasteiger partial charge on any atom is 0.302 e. The highest BCUT2D eigenvalue weighted by molar-refractivity contribution is 7.98. The minimum atomic E-state index is -3.96. The summed E-state index contributed by atoms with van der Waals surface area (Å²) in [5.41, 5.74) is 1.93. The molecule has 4 aromatic carbocycles. The number of piperazine rings is 2. The molecule has 0 aliphatic carbocycles. The first-order chi connectivity index (χ1) is 29.6. The van der Waals surface area contributed by atoms with Crippen LogP contribution in [0.3, 0.4) is 0 Å². The summed E-state index contributed by atoms with van der Waals surface area (Å²) in [4.78, 5) is 13.0. The topological polar surface area (TPSA) is 164 Å². The third kappa shape index (κ3) is 12.3. The molecule has 1 atom stereocenters. The standard InChI is InChI=1S/C38H39F2N5O4S2.C5H13N3O2S/c1-28(26-48-38(30-14-6-3-7-15-30,31-16-8-4-9-17-31)32-18-10-5-11-19-32)49-35-25-34(43-51(46,47)45-23-21-44(2)22-24-45)41-37(42-35)50-27-29-13-12-20-33(39)36(29)40;1-7-2-4-8(5-3-7)11(6,9)10/h3-20,25,28H,21-24,26-27H2,1-2H3,(H,41,42,43);2-5H2,1H3,(H2,6,9,10)/t28-;/m1./s1. The summed E-state index contributed by atoms with van der Waals surface area (Å²) in [7, 11) is -3.50. The fourth-order valence-electron chi connectivity index (χ4n) is 6.90. The van der Waals surface area contributed by atoms with Gasteiger partial charge in [-0.25, -0.2) is 18.9 Å². The predicted molar refractivity (Wildman–Crippen MR) is 237 cm³/mol. The normalized spacial score (nSPS) is 16.5. The Labute approximate surface area is 367 Å². The van der Waals surface area contributed by atoms with Crippen LogP contribution >= 0.6 is 11.8 Å². The van der Waals surface area contributed by atoms with E-state index >= 15 is 0 Å². The van der Waals surface area contributed by atoms with Gasteiger partial charge in [-0.3, -0.25) is 4.72 Å². The van der Waals surface area contributed by atoms with Crippen molar-refractivity contribution in [2.45, 2.75) is 29.5 Å². The van der Waals surface area contributed by atoms with Crippen molar-refractivity contribution in [1.82, 2.24) is 28.4 Å². The van der Waals surface area contributed by atoms with Gasteiger partial charge in [0.05, 0.1) is 6.61 Å². The number of ether oxygens (including phenoxy) is 2. The summed E-state index contributed by atoms with van der Waals surface area (Å²) in [6.07, 6.45) is -0.573. The van der Waals surface area contributed by atoms with Crippen LogP contribution in [0, 0.1) is 11.6 Å². The third-order valence-electron chi connectivity index (χ3n) is 10.3. The number of anilines is 1. The van der Waals surface area contributed by atoms with Crippen molar-refractivity contribution in [1.29, 1.82) is 0 Å². The lowest BCUT2D eigenvalue weighted by Gasteiger charge is -2.36. The highest BCUT2D eigenvalue weighted by Crippen LogP contribution is 2.40. The Hall–Kier alpha value is -4.57. The zero-order valence-corrected chi connectivity index (χ0v) is 37.3. The van der Waals surface area contributed by atoms with Gasteiger partial charge in [0.25, 0.3) is 10.2 Å². The lowest BCUT2D eigenvalue weighted by atomic mass is 9.80. The molecule has 0 amide bonds. The summed E-state index contributed by atoms with van der Waals surface area (Å²) in [5.74, 6) is -1.84. The van der Waals surface area contributed by atoms with Crippen LogP contribution in [-0.2, 0) is 36.5 Å². The molecule has 0 unspecified atom stereocenters. The molecule has 19 heteroatoms. The van der Waals surface area contributed by atoms with Gasteiger partial charge in [-0.15, -0.1) is 0 Å². The van der Waals surface area contributed by atoms with E-state index in [-0.39, 0.29) is 34.8 Å². The van der Waals surface area contributed by atoms with Crippen molar-refractivity contribution >= 4 is 38.0 Å². The Bertz CT molecular complexity index is 2330. The molecular formula is C43H52F2N8O6S3. The van der Waals surface area contributed by atoms with Crippen LogP contribution in [0.5, 0.6) is 5.88 Å². The monoisotopic (exact) mass is 910 g/mol. The third-order valence-corrected chi connectivity index (χ3v) is 13.8. The van der Waals surface area contributed by atoms with Gasteiger partial charge in [-0.05, 0) is 43.8 Å². The average molecular weight is 911 g/mol. The summed E-state index contributed by atoms with van der Waals surface area (Å²) < 4.78 is 95.1. The van der Waals surface area contributed by atoms with Crippen molar-refractivity contribution in [3.8, 4) is 5.88 Å². The maximum absolute atomic E-state index is 14.5. The van der Waals surface area contributed by atoms with E-state index in [1.165, 1.54) is 26.8 Å². The minimum Gasteiger partial charge on any atom is -0.472 e. The molecule has 2 saturated heterocycles. The number of hydrogen-bond donors (Lipinski definition) is 2. The quantitative estimate of drug-likeness (QED) is 0.0811. The van der Waals surface area contributed by atoms with E-state index in [1.54, 1.807) is 0 Å². The second-order valence-corrected chi connectivity index (χ2v) is 19.1. The molecule has 0 radical (unpaired) electrons. The molecule has 2 aliphatic heterocycles. The van der Waals surface area contributed by atoms with Crippen molar-refractivity contribution in [3.63, 3.8) is 0 Å². The smallest absolute Gasteiger partial charge is 0.302 e. The first-order valence-corrected chi connectivity index (χ1v) is 23.9. The molecule has 14 nitrogen and oxygen atoms in total. The number of nitrogens with zero attached hydrogens (tertiary/aromatic N) is 6. The van der Waals surface area contributed by atoms with E-state index in [0.717, 1.165) is 47.6 Å². The molecule has 3 heterocycles. The summed E-state index contributed by atoms with van der Waals surface area (Å²) in [6, 6.07) is 35.2. The molecule has 62 heavy (non-hydrogen) atoms. The Balaban J connectivity index is 0.000000508. The molecule has 7 rings (SSSR count). The van der Waals surface area contributed by atoms with Gasteiger partial charge in [0, 0.05) is 69.7 Å². The molecule has 332 valence electrons. The van der Waals surface area contributed by atoms with E-state index in [4.69, 9.17) is 14.6 Å². The van der Waals surface area contributed by atoms with E-state index in [9.17, 15) is 25.6 Å². The zero-order valence-electron chi connectivity index (χ0n) is 34.8. The molecule has 1 aromatic heterocycles. The largest absolute Gasteiger partial charge is 0.472 e. The summed E-state index contributed by atoms with van der Waals surface area (Å²) in [6.45, 7) is 6.30. The fourth-order valence-corrected chi connectivity index (χ4v) is 9.54. The Morgan fingerprint density at radius 1 is 0.726 bits per heavy atom. The van der Waals surface area contributed by atoms with Crippen LogP contribution in [-0.4, -0.2) is 124 Å².